The third-order valence-corrected chi connectivity index (χ3v) is 6.90. The number of aliphatic hydroxyl groups excluding tert-OH is 1. The molecule has 0 bridgehead atoms. The normalized spacial score (nSPS) is 17.0. The van der Waals surface area contributed by atoms with Crippen LogP contribution in [0.5, 0.6) is 5.75 Å². The highest BCUT2D eigenvalue weighted by Crippen LogP contribution is 2.31. The number of imidazole rings is 1. The first-order valence-electron chi connectivity index (χ1n) is 12.0. The summed E-state index contributed by atoms with van der Waals surface area (Å²) in [6.07, 6.45) is 3.95. The Morgan fingerprint density at radius 2 is 1.91 bits per heavy atom. The molecule has 2 aromatic carbocycles. The van der Waals surface area contributed by atoms with E-state index in [2.05, 4.69) is 34.2 Å². The summed E-state index contributed by atoms with van der Waals surface area (Å²) in [6.45, 7) is 5.45. The van der Waals surface area contributed by atoms with Crippen LogP contribution in [-0.4, -0.2) is 63.8 Å². The zero-order valence-electron chi connectivity index (χ0n) is 19.2. The zero-order valence-corrected chi connectivity index (χ0v) is 19.2. The molecule has 0 atom stereocenters. The molecular formula is C26H32N4O3. The topological polar surface area (TPSA) is 81.7 Å². The number of aliphatic hydroxyl groups is 1. The summed E-state index contributed by atoms with van der Waals surface area (Å²) < 4.78 is 5.99. The van der Waals surface area contributed by atoms with E-state index in [1.165, 1.54) is 0 Å². The van der Waals surface area contributed by atoms with Crippen molar-refractivity contribution >= 4 is 17.1 Å². The van der Waals surface area contributed by atoms with Crippen LogP contribution in [0.3, 0.4) is 0 Å². The molecule has 7 nitrogen and oxygen atoms in total. The minimum atomic E-state index is 0.104. The number of ether oxygens (including phenoxy) is 1. The van der Waals surface area contributed by atoms with E-state index < -0.39 is 0 Å². The van der Waals surface area contributed by atoms with Gasteiger partial charge in [-0.05, 0) is 73.9 Å². The summed E-state index contributed by atoms with van der Waals surface area (Å²) in [5.74, 6) is 2.38. The molecule has 1 fully saturated rings. The Morgan fingerprint density at radius 3 is 2.73 bits per heavy atom. The first kappa shape index (κ1) is 21.8. The molecule has 2 N–H and O–H groups in total. The molecule has 3 heterocycles. The number of hydrogen-bond donors (Lipinski definition) is 2. The summed E-state index contributed by atoms with van der Waals surface area (Å²) in [5.41, 5.74) is 5.24. The number of carbonyl (C=O) groups is 1. The lowest BCUT2D eigenvalue weighted by Crippen LogP contribution is -2.47. The smallest absolute Gasteiger partial charge is 0.320 e. The van der Waals surface area contributed by atoms with Crippen molar-refractivity contribution in [2.24, 2.45) is 5.92 Å². The van der Waals surface area contributed by atoms with Gasteiger partial charge in [-0.15, -0.1) is 0 Å². The van der Waals surface area contributed by atoms with Crippen LogP contribution < -0.4 is 4.74 Å². The lowest BCUT2D eigenvalue weighted by Gasteiger charge is -2.35. The predicted octanol–water partition coefficient (Wildman–Crippen LogP) is 4.34. The molecule has 0 aliphatic carbocycles. The van der Waals surface area contributed by atoms with Gasteiger partial charge >= 0.3 is 6.03 Å². The maximum atomic E-state index is 13.3. The fourth-order valence-corrected chi connectivity index (χ4v) is 5.05. The maximum Gasteiger partial charge on any atom is 0.320 e. The van der Waals surface area contributed by atoms with Crippen LogP contribution >= 0.6 is 0 Å². The SMILES string of the molecule is Cc1nc2ccc(-c3ccc4c(c3)CN(C(=O)N3CCC(CCCO)CC3)CCO4)cc2[nH]1. The van der Waals surface area contributed by atoms with Crippen LogP contribution in [-0.2, 0) is 6.54 Å². The molecule has 0 saturated carbocycles. The lowest BCUT2D eigenvalue weighted by molar-refractivity contribution is 0.124. The number of benzene rings is 2. The third kappa shape index (κ3) is 4.69. The van der Waals surface area contributed by atoms with E-state index in [1.54, 1.807) is 0 Å². The number of amides is 2. The van der Waals surface area contributed by atoms with E-state index in [9.17, 15) is 4.79 Å². The number of aryl methyl sites for hydroxylation is 1. The van der Waals surface area contributed by atoms with E-state index in [-0.39, 0.29) is 12.6 Å². The summed E-state index contributed by atoms with van der Waals surface area (Å²) in [5, 5.41) is 9.07. The molecule has 3 aromatic rings. The van der Waals surface area contributed by atoms with Crippen LogP contribution in [0.4, 0.5) is 4.79 Å². The average Bonchev–Trinajstić information content (AvgIpc) is 3.08. The summed E-state index contributed by atoms with van der Waals surface area (Å²) in [6, 6.07) is 12.6. The quantitative estimate of drug-likeness (QED) is 0.622. The van der Waals surface area contributed by atoms with Crippen molar-refractivity contribution in [3.05, 3.63) is 47.8 Å². The van der Waals surface area contributed by atoms with Gasteiger partial charge < -0.3 is 24.6 Å². The molecule has 7 heteroatoms. The minimum absolute atomic E-state index is 0.104. The number of rotatable bonds is 4. The van der Waals surface area contributed by atoms with Crippen LogP contribution in [0, 0.1) is 12.8 Å². The van der Waals surface area contributed by atoms with E-state index in [0.29, 0.717) is 25.6 Å². The fourth-order valence-electron chi connectivity index (χ4n) is 5.05. The van der Waals surface area contributed by atoms with Gasteiger partial charge in [-0.25, -0.2) is 9.78 Å². The molecule has 2 amide bonds. The Bertz CT molecular complexity index is 1130. The Labute approximate surface area is 194 Å². The number of fused-ring (bicyclic) bond motifs is 2. The monoisotopic (exact) mass is 448 g/mol. The molecule has 1 saturated heterocycles. The van der Waals surface area contributed by atoms with Gasteiger partial charge in [0.05, 0.1) is 24.1 Å². The van der Waals surface area contributed by atoms with Crippen molar-refractivity contribution in [3.8, 4) is 16.9 Å². The van der Waals surface area contributed by atoms with Crippen molar-refractivity contribution < 1.29 is 14.6 Å². The van der Waals surface area contributed by atoms with Crippen LogP contribution in [0.15, 0.2) is 36.4 Å². The van der Waals surface area contributed by atoms with Gasteiger partial charge in [0.15, 0.2) is 0 Å². The van der Waals surface area contributed by atoms with Gasteiger partial charge in [-0.2, -0.15) is 0 Å². The summed E-state index contributed by atoms with van der Waals surface area (Å²) >= 11 is 0. The molecule has 0 unspecified atom stereocenters. The minimum Gasteiger partial charge on any atom is -0.491 e. The van der Waals surface area contributed by atoms with Crippen LogP contribution in [0.1, 0.15) is 37.1 Å². The van der Waals surface area contributed by atoms with Crippen LogP contribution in [0.25, 0.3) is 22.2 Å². The number of nitrogens with zero attached hydrogens (tertiary/aromatic N) is 3. The lowest BCUT2D eigenvalue weighted by atomic mass is 9.92. The second-order valence-corrected chi connectivity index (χ2v) is 9.23. The zero-order chi connectivity index (χ0) is 22.8. The van der Waals surface area contributed by atoms with E-state index in [4.69, 9.17) is 9.84 Å². The second-order valence-electron chi connectivity index (χ2n) is 9.23. The van der Waals surface area contributed by atoms with Crippen molar-refractivity contribution in [2.45, 2.75) is 39.2 Å². The van der Waals surface area contributed by atoms with Gasteiger partial charge in [0, 0.05) is 25.3 Å². The standard InChI is InChI=1S/C26H32N4O3/c1-18-27-23-6-4-21(16-24(23)28-18)20-5-7-25-22(15-20)17-30(12-14-33-25)26(32)29-10-8-19(9-11-29)3-2-13-31/h4-7,15-16,19,31H,2-3,8-14,17H2,1H3,(H,27,28). The highest BCUT2D eigenvalue weighted by atomic mass is 16.5. The molecule has 2 aliphatic heterocycles. The van der Waals surface area contributed by atoms with E-state index >= 15 is 0 Å². The number of nitrogens with one attached hydrogen (secondary N) is 1. The Kier molecular flexibility index (Phi) is 6.22. The van der Waals surface area contributed by atoms with Gasteiger partial charge in [0.25, 0.3) is 0 Å². The predicted molar refractivity (Wildman–Crippen MR) is 128 cm³/mol. The number of aromatic amines is 1. The summed E-state index contributed by atoms with van der Waals surface area (Å²) in [4.78, 5) is 25.0. The molecule has 0 spiro atoms. The molecule has 174 valence electrons. The molecule has 5 rings (SSSR count). The molecule has 2 aliphatic rings. The second kappa shape index (κ2) is 9.43. The molecule has 33 heavy (non-hydrogen) atoms. The molecule has 1 aromatic heterocycles. The highest BCUT2D eigenvalue weighted by Gasteiger charge is 2.28. The first-order chi connectivity index (χ1) is 16.1. The van der Waals surface area contributed by atoms with Crippen LogP contribution in [0.2, 0.25) is 0 Å². The molecule has 0 radical (unpaired) electrons. The number of likely N-dealkylation sites (tertiary alicyclic amines) is 1. The maximum absolute atomic E-state index is 13.3. The van der Waals surface area contributed by atoms with Gasteiger partial charge in [0.2, 0.25) is 0 Å². The highest BCUT2D eigenvalue weighted by molar-refractivity contribution is 5.82. The van der Waals surface area contributed by atoms with Crippen molar-refractivity contribution in [3.63, 3.8) is 0 Å². The number of urea groups is 1. The van der Waals surface area contributed by atoms with E-state index in [1.807, 2.05) is 28.9 Å². The van der Waals surface area contributed by atoms with Gasteiger partial charge in [-0.1, -0.05) is 12.1 Å². The van der Waals surface area contributed by atoms with Crippen molar-refractivity contribution in [1.29, 1.82) is 0 Å². The Balaban J connectivity index is 1.31. The first-order valence-corrected chi connectivity index (χ1v) is 12.0. The average molecular weight is 449 g/mol. The Morgan fingerprint density at radius 1 is 1.12 bits per heavy atom. The number of carbonyl (C=O) groups excluding carboxylic acids is 1. The van der Waals surface area contributed by atoms with Gasteiger partial charge in [0.1, 0.15) is 18.2 Å². The van der Waals surface area contributed by atoms with E-state index in [0.717, 1.165) is 78.1 Å². The summed E-state index contributed by atoms with van der Waals surface area (Å²) in [7, 11) is 0. The van der Waals surface area contributed by atoms with Crippen molar-refractivity contribution in [1.82, 2.24) is 19.8 Å². The Hall–Kier alpha value is -3.06. The van der Waals surface area contributed by atoms with Gasteiger partial charge in [-0.3, -0.25) is 0 Å². The number of H-pyrrole nitrogens is 1. The number of piperidine rings is 1. The molecular weight excluding hydrogens is 416 g/mol. The number of aromatic nitrogens is 2. The largest absolute Gasteiger partial charge is 0.491 e. The number of hydrogen-bond acceptors (Lipinski definition) is 4. The third-order valence-electron chi connectivity index (χ3n) is 6.90. The fraction of sp³-hybridized carbons (Fsp3) is 0.462. The van der Waals surface area contributed by atoms with Crippen molar-refractivity contribution in [2.75, 3.05) is 32.8 Å².